The Bertz CT molecular complexity index is 784. The molecule has 1 N–H and O–H groups in total. The Hall–Kier alpha value is -2.33. The van der Waals surface area contributed by atoms with Crippen molar-refractivity contribution in [3.63, 3.8) is 0 Å². The Labute approximate surface area is 170 Å². The van der Waals surface area contributed by atoms with Crippen molar-refractivity contribution < 1.29 is 24.2 Å². The van der Waals surface area contributed by atoms with Gasteiger partial charge in [-0.3, -0.25) is 9.80 Å². The molecule has 1 atom stereocenters. The van der Waals surface area contributed by atoms with E-state index >= 15 is 0 Å². The lowest BCUT2D eigenvalue weighted by molar-refractivity contribution is 0.0963. The fourth-order valence-corrected chi connectivity index (χ4v) is 3.04. The summed E-state index contributed by atoms with van der Waals surface area (Å²) in [6, 6.07) is 17.1. The summed E-state index contributed by atoms with van der Waals surface area (Å²) in [5, 5.41) is 8.89. The second-order valence-electron chi connectivity index (χ2n) is 5.88. The summed E-state index contributed by atoms with van der Waals surface area (Å²) < 4.78 is 10.9. The molecule has 0 radical (unpaired) electrons. The van der Waals surface area contributed by atoms with Gasteiger partial charge in [-0.25, -0.2) is 9.59 Å². The van der Waals surface area contributed by atoms with Gasteiger partial charge in [0.05, 0.1) is 19.7 Å². The number of rotatable bonds is 3. The van der Waals surface area contributed by atoms with Crippen molar-refractivity contribution in [2.45, 2.75) is 6.10 Å². The minimum Gasteiger partial charge on any atom is -0.447 e. The lowest BCUT2D eigenvalue weighted by Crippen LogP contribution is -2.25. The quantitative estimate of drug-likeness (QED) is 0.680. The van der Waals surface area contributed by atoms with Crippen LogP contribution >= 0.6 is 22.6 Å². The molecular weight excluding hydrogens is 463 g/mol. The number of carbonyl (C=O) groups excluding carboxylic acids is 2. The number of anilines is 2. The van der Waals surface area contributed by atoms with Crippen molar-refractivity contribution in [2.24, 2.45) is 0 Å². The average Bonchev–Trinajstić information content (AvgIpc) is 3.29. The molecule has 0 unspecified atom stereocenters. The third-order valence-electron chi connectivity index (χ3n) is 4.04. The summed E-state index contributed by atoms with van der Waals surface area (Å²) >= 11 is 2.20. The summed E-state index contributed by atoms with van der Waals surface area (Å²) in [6.45, 7) is 1.43. The molecule has 8 heteroatoms. The van der Waals surface area contributed by atoms with Crippen LogP contribution in [0, 0.1) is 3.57 Å². The minimum atomic E-state index is -0.406. The topological polar surface area (TPSA) is 79.3 Å². The van der Waals surface area contributed by atoms with Crippen LogP contribution in [0.4, 0.5) is 21.0 Å². The highest BCUT2D eigenvalue weighted by Crippen LogP contribution is 2.22. The van der Waals surface area contributed by atoms with Crippen molar-refractivity contribution in [3.05, 3.63) is 58.2 Å². The van der Waals surface area contributed by atoms with Gasteiger partial charge in [0, 0.05) is 14.9 Å². The zero-order chi connectivity index (χ0) is 19.2. The van der Waals surface area contributed by atoms with E-state index in [0.29, 0.717) is 19.7 Å². The number of hydrogen-bond acceptors (Lipinski definition) is 5. The maximum absolute atomic E-state index is 11.4. The summed E-state index contributed by atoms with van der Waals surface area (Å²) in [6.07, 6.45) is -1.05. The number of hydrogen-bond donors (Lipinski definition) is 1. The lowest BCUT2D eigenvalue weighted by atomic mass is 10.3. The number of aliphatic hydroxyl groups excluding tert-OH is 1. The zero-order valence-electron chi connectivity index (χ0n) is 14.5. The van der Waals surface area contributed by atoms with Crippen LogP contribution < -0.4 is 9.80 Å². The standard InChI is InChI=1S/C10H10INO3.C9H9NO2/c11-7-1-3-8(4-2-7)12-5-9(6-13)15-10(12)14;11-9-10(6-7-12-9)8-4-2-1-3-5-8/h1-4,9,13H,5-6H2;1-5H,6-7H2/t9-;/m1./s1. The maximum Gasteiger partial charge on any atom is 0.414 e. The van der Waals surface area contributed by atoms with E-state index in [4.69, 9.17) is 14.6 Å². The van der Waals surface area contributed by atoms with Crippen LogP contribution in [0.2, 0.25) is 0 Å². The van der Waals surface area contributed by atoms with Gasteiger partial charge in [0.1, 0.15) is 12.7 Å². The second-order valence-corrected chi connectivity index (χ2v) is 7.12. The highest BCUT2D eigenvalue weighted by atomic mass is 127. The van der Waals surface area contributed by atoms with Gasteiger partial charge in [-0.15, -0.1) is 0 Å². The Morgan fingerprint density at radius 3 is 2.19 bits per heavy atom. The van der Waals surface area contributed by atoms with E-state index in [1.54, 1.807) is 4.90 Å². The van der Waals surface area contributed by atoms with E-state index in [9.17, 15) is 9.59 Å². The van der Waals surface area contributed by atoms with E-state index in [1.165, 1.54) is 4.90 Å². The molecule has 0 spiro atoms. The molecule has 142 valence electrons. The third-order valence-corrected chi connectivity index (χ3v) is 4.76. The number of para-hydroxylation sites is 1. The predicted molar refractivity (Wildman–Crippen MR) is 109 cm³/mol. The van der Waals surface area contributed by atoms with Crippen LogP contribution in [0.25, 0.3) is 0 Å². The van der Waals surface area contributed by atoms with Gasteiger partial charge in [-0.2, -0.15) is 0 Å². The number of ether oxygens (including phenoxy) is 2. The van der Waals surface area contributed by atoms with E-state index in [2.05, 4.69) is 22.6 Å². The van der Waals surface area contributed by atoms with Gasteiger partial charge in [-0.05, 0) is 59.0 Å². The Balaban J connectivity index is 0.000000159. The van der Waals surface area contributed by atoms with Crippen LogP contribution in [0.3, 0.4) is 0 Å². The number of aliphatic hydroxyl groups is 1. The van der Waals surface area contributed by atoms with E-state index in [0.717, 1.165) is 14.9 Å². The number of nitrogens with zero attached hydrogens (tertiary/aromatic N) is 2. The SMILES string of the molecule is O=C1OCCN1c1ccccc1.O=C1O[C@@H](CO)CN1c1ccc(I)cc1. The largest absolute Gasteiger partial charge is 0.447 e. The highest BCUT2D eigenvalue weighted by Gasteiger charge is 2.31. The molecule has 2 amide bonds. The molecule has 2 saturated heterocycles. The van der Waals surface area contributed by atoms with Gasteiger partial charge in [0.2, 0.25) is 0 Å². The monoisotopic (exact) mass is 482 g/mol. The second kappa shape index (κ2) is 9.05. The van der Waals surface area contributed by atoms with Crippen molar-refractivity contribution in [1.82, 2.24) is 0 Å². The smallest absolute Gasteiger partial charge is 0.414 e. The summed E-state index contributed by atoms with van der Waals surface area (Å²) in [4.78, 5) is 25.6. The molecule has 2 aromatic rings. The first kappa shape index (κ1) is 19.4. The van der Waals surface area contributed by atoms with E-state index < -0.39 is 12.2 Å². The van der Waals surface area contributed by atoms with E-state index in [1.807, 2.05) is 54.6 Å². The predicted octanol–water partition coefficient (Wildman–Crippen LogP) is 3.25. The van der Waals surface area contributed by atoms with Crippen LogP contribution in [-0.2, 0) is 9.47 Å². The summed E-state index contributed by atoms with van der Waals surface area (Å²) in [5.74, 6) is 0. The molecule has 0 aromatic heterocycles. The molecule has 2 heterocycles. The number of amides is 2. The molecule has 0 bridgehead atoms. The van der Waals surface area contributed by atoms with Crippen LogP contribution in [-0.4, -0.2) is 49.7 Å². The van der Waals surface area contributed by atoms with Gasteiger partial charge in [-0.1, -0.05) is 18.2 Å². The van der Waals surface area contributed by atoms with Crippen molar-refractivity contribution >= 4 is 46.2 Å². The molecule has 27 heavy (non-hydrogen) atoms. The van der Waals surface area contributed by atoms with Crippen LogP contribution in [0.5, 0.6) is 0 Å². The first-order valence-electron chi connectivity index (χ1n) is 8.42. The molecule has 2 aromatic carbocycles. The van der Waals surface area contributed by atoms with Gasteiger partial charge >= 0.3 is 12.2 Å². The number of halogens is 1. The highest BCUT2D eigenvalue weighted by molar-refractivity contribution is 14.1. The fourth-order valence-electron chi connectivity index (χ4n) is 2.68. The summed E-state index contributed by atoms with van der Waals surface area (Å²) in [7, 11) is 0. The molecule has 2 fully saturated rings. The molecule has 4 rings (SSSR count). The molecular formula is C19H19IN2O5. The van der Waals surface area contributed by atoms with Crippen molar-refractivity contribution in [2.75, 3.05) is 36.1 Å². The Kier molecular flexibility index (Phi) is 6.51. The first-order chi connectivity index (χ1) is 13.1. The number of carbonyl (C=O) groups is 2. The third kappa shape index (κ3) is 4.89. The van der Waals surface area contributed by atoms with Crippen LogP contribution in [0.15, 0.2) is 54.6 Å². The molecule has 0 saturated carbocycles. The van der Waals surface area contributed by atoms with E-state index in [-0.39, 0.29) is 12.7 Å². The molecule has 2 aliphatic rings. The Morgan fingerprint density at radius 2 is 1.63 bits per heavy atom. The maximum atomic E-state index is 11.4. The molecule has 7 nitrogen and oxygen atoms in total. The number of cyclic esters (lactones) is 2. The van der Waals surface area contributed by atoms with Crippen LogP contribution in [0.1, 0.15) is 0 Å². The molecule has 2 aliphatic heterocycles. The van der Waals surface area contributed by atoms with Crippen molar-refractivity contribution in [3.8, 4) is 0 Å². The zero-order valence-corrected chi connectivity index (χ0v) is 16.6. The average molecular weight is 482 g/mol. The molecule has 0 aliphatic carbocycles. The fraction of sp³-hybridized carbons (Fsp3) is 0.263. The van der Waals surface area contributed by atoms with Crippen molar-refractivity contribution in [1.29, 1.82) is 0 Å². The van der Waals surface area contributed by atoms with Gasteiger partial charge in [0.25, 0.3) is 0 Å². The van der Waals surface area contributed by atoms with Gasteiger partial charge in [0.15, 0.2) is 0 Å². The lowest BCUT2D eigenvalue weighted by Gasteiger charge is -2.12. The Morgan fingerprint density at radius 1 is 0.963 bits per heavy atom. The normalized spacial score (nSPS) is 18.7. The number of benzene rings is 2. The first-order valence-corrected chi connectivity index (χ1v) is 9.50. The van der Waals surface area contributed by atoms with Gasteiger partial charge < -0.3 is 14.6 Å². The summed E-state index contributed by atoms with van der Waals surface area (Å²) in [5.41, 5.74) is 1.70. The minimum absolute atomic E-state index is 0.132.